The number of ether oxygens (including phenoxy) is 1. The van der Waals surface area contributed by atoms with Gasteiger partial charge >= 0.3 is 12.1 Å². The Balaban J connectivity index is 1.46. The fraction of sp³-hybridized carbons (Fsp3) is 0.423. The smallest absolute Gasteiger partial charge is 0.407 e. The summed E-state index contributed by atoms with van der Waals surface area (Å²) in [5.74, 6) is -2.05. The molecule has 0 saturated carbocycles. The zero-order chi connectivity index (χ0) is 24.4. The van der Waals surface area contributed by atoms with E-state index >= 15 is 0 Å². The number of hydrogen-bond donors (Lipinski definition) is 3. The molecule has 1 fully saturated rings. The Hall–Kier alpha value is -3.39. The maximum absolute atomic E-state index is 13.2. The lowest BCUT2D eigenvalue weighted by Crippen LogP contribution is -2.54. The number of carboxylic acids is 1. The van der Waals surface area contributed by atoms with Gasteiger partial charge in [0.15, 0.2) is 0 Å². The summed E-state index contributed by atoms with van der Waals surface area (Å²) in [6, 6.07) is 14.0. The zero-order valence-electron chi connectivity index (χ0n) is 19.3. The van der Waals surface area contributed by atoms with Crippen LogP contribution in [-0.2, 0) is 14.3 Å². The number of nitrogens with one attached hydrogen (secondary N) is 1. The van der Waals surface area contributed by atoms with Gasteiger partial charge in [0.05, 0.1) is 6.10 Å². The zero-order valence-corrected chi connectivity index (χ0v) is 19.3. The Labute approximate surface area is 198 Å². The minimum Gasteiger partial charge on any atom is -0.480 e. The summed E-state index contributed by atoms with van der Waals surface area (Å²) < 4.78 is 5.59. The van der Waals surface area contributed by atoms with E-state index in [4.69, 9.17) is 4.74 Å². The van der Waals surface area contributed by atoms with E-state index < -0.39 is 36.2 Å². The van der Waals surface area contributed by atoms with Crippen LogP contribution in [0.4, 0.5) is 4.79 Å². The molecule has 4 unspecified atom stereocenters. The highest BCUT2D eigenvalue weighted by atomic mass is 16.5. The molecule has 1 aliphatic carbocycles. The van der Waals surface area contributed by atoms with Gasteiger partial charge < -0.3 is 25.2 Å². The average Bonchev–Trinajstić information content (AvgIpc) is 3.38. The van der Waals surface area contributed by atoms with Crippen LogP contribution >= 0.6 is 0 Å². The van der Waals surface area contributed by atoms with Crippen LogP contribution < -0.4 is 5.32 Å². The molecule has 0 radical (unpaired) electrons. The monoisotopic (exact) mass is 466 g/mol. The number of amides is 2. The molecule has 0 spiro atoms. The van der Waals surface area contributed by atoms with Crippen LogP contribution in [0.2, 0.25) is 0 Å². The second-order valence-corrected chi connectivity index (χ2v) is 9.07. The second-order valence-electron chi connectivity index (χ2n) is 9.07. The molecule has 2 amide bonds. The van der Waals surface area contributed by atoms with Crippen molar-refractivity contribution in [3.8, 4) is 11.1 Å². The Morgan fingerprint density at radius 3 is 2.24 bits per heavy atom. The highest BCUT2D eigenvalue weighted by molar-refractivity contribution is 5.90. The standard InChI is InChI=1S/C26H30N2O6/c1-3-15(2)23(24(30)28-13-16(29)12-22(28)25(31)32)27-26(33)34-14-21-19-10-6-4-8-17(19)18-9-5-7-11-20(18)21/h4-11,15-16,21-23,29H,3,12-14H2,1-2H3,(H,27,33)(H,31,32). The van der Waals surface area contributed by atoms with E-state index in [1.54, 1.807) is 0 Å². The Morgan fingerprint density at radius 1 is 1.09 bits per heavy atom. The molecule has 180 valence electrons. The van der Waals surface area contributed by atoms with E-state index in [0.717, 1.165) is 27.2 Å². The fourth-order valence-electron chi connectivity index (χ4n) is 4.92. The first kappa shape index (κ1) is 23.8. The molecule has 4 atom stereocenters. The molecular formula is C26H30N2O6. The van der Waals surface area contributed by atoms with Crippen molar-refractivity contribution < 1.29 is 29.3 Å². The van der Waals surface area contributed by atoms with Crippen molar-refractivity contribution in [2.24, 2.45) is 5.92 Å². The molecule has 2 aliphatic rings. The molecule has 8 heteroatoms. The Morgan fingerprint density at radius 2 is 1.68 bits per heavy atom. The van der Waals surface area contributed by atoms with Gasteiger partial charge in [0.1, 0.15) is 18.7 Å². The fourth-order valence-corrected chi connectivity index (χ4v) is 4.92. The van der Waals surface area contributed by atoms with Gasteiger partial charge in [-0.15, -0.1) is 0 Å². The second kappa shape index (κ2) is 9.85. The molecule has 1 saturated heterocycles. The number of β-amino-alcohol motifs (C(OH)–C–C–N with tert-alkyl or cyclic N) is 1. The van der Waals surface area contributed by atoms with E-state index in [1.807, 2.05) is 50.2 Å². The normalized spacial score (nSPS) is 20.9. The molecule has 1 aliphatic heterocycles. The molecule has 34 heavy (non-hydrogen) atoms. The molecule has 4 rings (SSSR count). The van der Waals surface area contributed by atoms with E-state index in [-0.39, 0.29) is 31.4 Å². The number of likely N-dealkylation sites (tertiary alicyclic amines) is 1. The maximum atomic E-state index is 13.2. The number of benzene rings is 2. The van der Waals surface area contributed by atoms with Crippen molar-refractivity contribution in [2.45, 2.75) is 50.8 Å². The number of carboxylic acid groups (broad SMARTS) is 1. The number of hydrogen-bond acceptors (Lipinski definition) is 5. The van der Waals surface area contributed by atoms with Crippen LogP contribution in [0, 0.1) is 5.92 Å². The van der Waals surface area contributed by atoms with Crippen molar-refractivity contribution in [3.63, 3.8) is 0 Å². The third-order valence-corrected chi connectivity index (χ3v) is 6.94. The number of aliphatic hydroxyl groups is 1. The largest absolute Gasteiger partial charge is 0.480 e. The topological polar surface area (TPSA) is 116 Å². The van der Waals surface area contributed by atoms with Crippen LogP contribution in [0.3, 0.4) is 0 Å². The van der Waals surface area contributed by atoms with Crippen LogP contribution in [-0.4, -0.2) is 64.4 Å². The number of alkyl carbamates (subject to hydrolysis) is 1. The number of aliphatic carboxylic acids is 1. The lowest BCUT2D eigenvalue weighted by Gasteiger charge is -2.30. The van der Waals surface area contributed by atoms with Crippen molar-refractivity contribution >= 4 is 18.0 Å². The van der Waals surface area contributed by atoms with E-state index in [2.05, 4.69) is 17.4 Å². The van der Waals surface area contributed by atoms with E-state index in [1.165, 1.54) is 0 Å². The lowest BCUT2D eigenvalue weighted by atomic mass is 9.97. The Bertz CT molecular complexity index is 1040. The number of rotatable bonds is 7. The predicted molar refractivity (Wildman–Crippen MR) is 125 cm³/mol. The summed E-state index contributed by atoms with van der Waals surface area (Å²) in [5.41, 5.74) is 4.40. The molecule has 1 heterocycles. The van der Waals surface area contributed by atoms with Gasteiger partial charge in [-0.25, -0.2) is 9.59 Å². The van der Waals surface area contributed by atoms with Crippen LogP contribution in [0.15, 0.2) is 48.5 Å². The average molecular weight is 467 g/mol. The van der Waals surface area contributed by atoms with Gasteiger partial charge in [0.25, 0.3) is 0 Å². The number of aliphatic hydroxyl groups excluding tert-OH is 1. The molecular weight excluding hydrogens is 436 g/mol. The van der Waals surface area contributed by atoms with E-state index in [9.17, 15) is 24.6 Å². The van der Waals surface area contributed by atoms with Gasteiger partial charge in [-0.05, 0) is 28.2 Å². The van der Waals surface area contributed by atoms with Crippen LogP contribution in [0.25, 0.3) is 11.1 Å². The summed E-state index contributed by atoms with van der Waals surface area (Å²) in [6.45, 7) is 3.74. The van der Waals surface area contributed by atoms with Crippen molar-refractivity contribution in [1.82, 2.24) is 10.2 Å². The molecule has 3 N–H and O–H groups in total. The van der Waals surface area contributed by atoms with Crippen LogP contribution in [0.5, 0.6) is 0 Å². The highest BCUT2D eigenvalue weighted by Crippen LogP contribution is 2.44. The summed E-state index contributed by atoms with van der Waals surface area (Å²) >= 11 is 0. The first-order chi connectivity index (χ1) is 16.3. The molecule has 2 aromatic carbocycles. The van der Waals surface area contributed by atoms with E-state index in [0.29, 0.717) is 6.42 Å². The van der Waals surface area contributed by atoms with Gasteiger partial charge in [-0.2, -0.15) is 0 Å². The quantitative estimate of drug-likeness (QED) is 0.578. The molecule has 2 aromatic rings. The maximum Gasteiger partial charge on any atom is 0.407 e. The summed E-state index contributed by atoms with van der Waals surface area (Å²) in [6.07, 6.45) is -1.07. The van der Waals surface area contributed by atoms with Crippen molar-refractivity contribution in [2.75, 3.05) is 13.2 Å². The van der Waals surface area contributed by atoms with Gasteiger partial charge in [0.2, 0.25) is 5.91 Å². The number of carbonyl (C=O) groups excluding carboxylic acids is 2. The minimum atomic E-state index is -1.17. The van der Waals surface area contributed by atoms with Gasteiger partial charge in [-0.3, -0.25) is 4.79 Å². The number of carbonyl (C=O) groups is 3. The first-order valence-electron chi connectivity index (χ1n) is 11.6. The molecule has 8 nitrogen and oxygen atoms in total. The first-order valence-corrected chi connectivity index (χ1v) is 11.6. The third-order valence-electron chi connectivity index (χ3n) is 6.94. The van der Waals surface area contributed by atoms with Crippen LogP contribution in [0.1, 0.15) is 43.7 Å². The SMILES string of the molecule is CCC(C)C(NC(=O)OCC1c2ccccc2-c2ccccc21)C(=O)N1CC(O)CC1C(=O)O. The van der Waals surface area contributed by atoms with Gasteiger partial charge in [0, 0.05) is 18.9 Å². The molecule has 0 bridgehead atoms. The predicted octanol–water partition coefficient (Wildman–Crippen LogP) is 2.99. The van der Waals surface area contributed by atoms with Gasteiger partial charge in [-0.1, -0.05) is 68.8 Å². The number of nitrogens with zero attached hydrogens (tertiary/aromatic N) is 1. The summed E-state index contributed by atoms with van der Waals surface area (Å²) in [4.78, 5) is 38.7. The van der Waals surface area contributed by atoms with Crippen molar-refractivity contribution in [3.05, 3.63) is 59.7 Å². The third kappa shape index (κ3) is 4.50. The lowest BCUT2D eigenvalue weighted by molar-refractivity contribution is -0.149. The number of fused-ring (bicyclic) bond motifs is 3. The summed E-state index contributed by atoms with van der Waals surface area (Å²) in [5, 5.41) is 22.0. The van der Waals surface area contributed by atoms with Crippen molar-refractivity contribution in [1.29, 1.82) is 0 Å². The summed E-state index contributed by atoms with van der Waals surface area (Å²) in [7, 11) is 0. The highest BCUT2D eigenvalue weighted by Gasteiger charge is 2.42. The minimum absolute atomic E-state index is 0.0285. The molecule has 0 aromatic heterocycles. The Kier molecular flexibility index (Phi) is 6.88.